The highest BCUT2D eigenvalue weighted by Crippen LogP contribution is 2.23. The van der Waals surface area contributed by atoms with Gasteiger partial charge in [-0.2, -0.15) is 9.61 Å². The summed E-state index contributed by atoms with van der Waals surface area (Å²) in [6, 6.07) is 10.3. The van der Waals surface area contributed by atoms with E-state index in [-0.39, 0.29) is 11.9 Å². The molecule has 1 aliphatic rings. The van der Waals surface area contributed by atoms with E-state index in [0.29, 0.717) is 0 Å². The van der Waals surface area contributed by atoms with Crippen molar-refractivity contribution in [3.63, 3.8) is 0 Å². The molecule has 0 saturated carbocycles. The second-order valence-electron chi connectivity index (χ2n) is 5.56. The van der Waals surface area contributed by atoms with E-state index in [4.69, 9.17) is 0 Å². The van der Waals surface area contributed by atoms with Crippen molar-refractivity contribution < 1.29 is 4.39 Å². The number of halogens is 1. The van der Waals surface area contributed by atoms with Crippen molar-refractivity contribution in [1.29, 1.82) is 0 Å². The first-order chi connectivity index (χ1) is 10.8. The van der Waals surface area contributed by atoms with Gasteiger partial charge in [0, 0.05) is 5.56 Å². The molecule has 4 rings (SSSR count). The number of hydrogen-bond donors (Lipinski definition) is 1. The van der Waals surface area contributed by atoms with E-state index in [0.717, 1.165) is 35.7 Å². The van der Waals surface area contributed by atoms with E-state index in [9.17, 15) is 4.39 Å². The minimum absolute atomic E-state index is 0.194. The van der Waals surface area contributed by atoms with Gasteiger partial charge in [0.1, 0.15) is 5.82 Å². The quantitative estimate of drug-likeness (QED) is 0.790. The van der Waals surface area contributed by atoms with Crippen LogP contribution in [-0.4, -0.2) is 26.4 Å². The zero-order valence-electron chi connectivity index (χ0n) is 12.0. The van der Waals surface area contributed by atoms with Crippen molar-refractivity contribution in [1.82, 2.24) is 25.1 Å². The van der Waals surface area contributed by atoms with Crippen LogP contribution in [0.15, 0.2) is 36.4 Å². The third-order valence-corrected chi connectivity index (χ3v) is 4.05. The van der Waals surface area contributed by atoms with Gasteiger partial charge in [-0.05, 0) is 55.8 Å². The summed E-state index contributed by atoms with van der Waals surface area (Å²) in [7, 11) is 0. The number of nitrogens with zero attached hydrogens (tertiary/aromatic N) is 4. The Morgan fingerprint density at radius 3 is 2.68 bits per heavy atom. The monoisotopic (exact) mass is 297 g/mol. The van der Waals surface area contributed by atoms with Gasteiger partial charge >= 0.3 is 0 Å². The summed E-state index contributed by atoms with van der Waals surface area (Å²) in [4.78, 5) is 0. The van der Waals surface area contributed by atoms with Crippen LogP contribution in [0.25, 0.3) is 16.9 Å². The number of hydrogen-bond acceptors (Lipinski definition) is 4. The lowest BCUT2D eigenvalue weighted by Crippen LogP contribution is -2.28. The van der Waals surface area contributed by atoms with Gasteiger partial charge in [-0.25, -0.2) is 4.39 Å². The topological polar surface area (TPSA) is 55.1 Å². The maximum atomic E-state index is 13.1. The van der Waals surface area contributed by atoms with Gasteiger partial charge < -0.3 is 5.32 Å². The van der Waals surface area contributed by atoms with Crippen molar-refractivity contribution in [2.75, 3.05) is 6.54 Å². The molecule has 1 saturated heterocycles. The highest BCUT2D eigenvalue weighted by atomic mass is 19.1. The Hall–Kier alpha value is -2.34. The first-order valence-electron chi connectivity index (χ1n) is 7.53. The highest BCUT2D eigenvalue weighted by molar-refractivity contribution is 5.60. The zero-order chi connectivity index (χ0) is 14.9. The maximum absolute atomic E-state index is 13.1. The van der Waals surface area contributed by atoms with Gasteiger partial charge in [0.15, 0.2) is 11.5 Å². The minimum atomic E-state index is -0.249. The van der Waals surface area contributed by atoms with Crippen LogP contribution in [0.5, 0.6) is 0 Å². The fourth-order valence-electron chi connectivity index (χ4n) is 2.87. The summed E-state index contributed by atoms with van der Waals surface area (Å²) < 4.78 is 14.9. The van der Waals surface area contributed by atoms with Gasteiger partial charge in [-0.15, -0.1) is 10.2 Å². The Labute approximate surface area is 127 Å². The molecule has 6 heteroatoms. The van der Waals surface area contributed by atoms with Crippen LogP contribution in [0.4, 0.5) is 4.39 Å². The maximum Gasteiger partial charge on any atom is 0.178 e. The van der Waals surface area contributed by atoms with Crippen LogP contribution >= 0.6 is 0 Å². The van der Waals surface area contributed by atoms with Gasteiger partial charge in [-0.1, -0.05) is 6.42 Å². The minimum Gasteiger partial charge on any atom is -0.307 e. The Morgan fingerprint density at radius 1 is 1.05 bits per heavy atom. The van der Waals surface area contributed by atoms with Gasteiger partial charge in [0.2, 0.25) is 0 Å². The Bertz CT molecular complexity index is 790. The number of rotatable bonds is 2. The SMILES string of the molecule is Fc1ccc(-c2ccc3nnc([C@@H]4CCCCN4)n3n2)cc1. The van der Waals surface area contributed by atoms with E-state index in [1.54, 1.807) is 16.6 Å². The van der Waals surface area contributed by atoms with E-state index < -0.39 is 0 Å². The van der Waals surface area contributed by atoms with E-state index >= 15 is 0 Å². The predicted octanol–water partition coefficient (Wildman–Crippen LogP) is 2.75. The van der Waals surface area contributed by atoms with Gasteiger partial charge in [0.25, 0.3) is 0 Å². The molecule has 0 aliphatic carbocycles. The summed E-state index contributed by atoms with van der Waals surface area (Å²) in [5, 5.41) is 16.6. The first-order valence-corrected chi connectivity index (χ1v) is 7.53. The lowest BCUT2D eigenvalue weighted by Gasteiger charge is -2.21. The Morgan fingerprint density at radius 2 is 1.91 bits per heavy atom. The summed E-state index contributed by atoms with van der Waals surface area (Å²) in [5.74, 6) is 0.597. The standard InChI is InChI=1S/C16H16FN5/c17-12-6-4-11(5-7-12)13-8-9-15-19-20-16(22(15)21-13)14-3-1-2-10-18-14/h4-9,14,18H,1-3,10H2/t14-/m0/s1. The molecule has 1 fully saturated rings. The van der Waals surface area contributed by atoms with E-state index in [2.05, 4.69) is 20.6 Å². The third-order valence-electron chi connectivity index (χ3n) is 4.05. The van der Waals surface area contributed by atoms with E-state index in [1.165, 1.54) is 25.0 Å². The highest BCUT2D eigenvalue weighted by Gasteiger charge is 2.21. The molecule has 0 radical (unpaired) electrons. The molecule has 5 nitrogen and oxygen atoms in total. The molecule has 3 heterocycles. The predicted molar refractivity (Wildman–Crippen MR) is 80.8 cm³/mol. The molecule has 0 bridgehead atoms. The molecular formula is C16H16FN5. The molecule has 1 aromatic carbocycles. The molecule has 0 unspecified atom stereocenters. The van der Waals surface area contributed by atoms with Crippen molar-refractivity contribution in [2.24, 2.45) is 0 Å². The third kappa shape index (κ3) is 2.35. The average Bonchev–Trinajstić information content (AvgIpc) is 2.99. The zero-order valence-corrected chi connectivity index (χ0v) is 12.0. The first kappa shape index (κ1) is 13.3. The second kappa shape index (κ2) is 5.46. The normalized spacial score (nSPS) is 18.7. The van der Waals surface area contributed by atoms with Crippen LogP contribution in [0, 0.1) is 5.82 Å². The summed E-state index contributed by atoms with van der Waals surface area (Å²) in [6.45, 7) is 0.997. The van der Waals surface area contributed by atoms with Gasteiger partial charge in [0.05, 0.1) is 11.7 Å². The van der Waals surface area contributed by atoms with Crippen molar-refractivity contribution in [3.05, 3.63) is 48.0 Å². The summed E-state index contributed by atoms with van der Waals surface area (Å²) in [6.07, 6.45) is 3.43. The number of aromatic nitrogens is 4. The number of benzene rings is 1. The van der Waals surface area contributed by atoms with Crippen LogP contribution in [-0.2, 0) is 0 Å². The Balaban J connectivity index is 1.77. The molecule has 112 valence electrons. The van der Waals surface area contributed by atoms with Crippen molar-refractivity contribution >= 4 is 5.65 Å². The number of fused-ring (bicyclic) bond motifs is 1. The molecule has 22 heavy (non-hydrogen) atoms. The van der Waals surface area contributed by atoms with Crippen LogP contribution in [0.2, 0.25) is 0 Å². The van der Waals surface area contributed by atoms with E-state index in [1.807, 2.05) is 12.1 Å². The molecule has 1 aliphatic heterocycles. The second-order valence-corrected chi connectivity index (χ2v) is 5.56. The molecule has 2 aromatic heterocycles. The van der Waals surface area contributed by atoms with Crippen LogP contribution in [0.3, 0.4) is 0 Å². The lowest BCUT2D eigenvalue weighted by atomic mass is 10.0. The van der Waals surface area contributed by atoms with Crippen LogP contribution < -0.4 is 5.32 Å². The molecule has 0 spiro atoms. The van der Waals surface area contributed by atoms with Crippen molar-refractivity contribution in [3.8, 4) is 11.3 Å². The molecule has 1 atom stereocenters. The molecular weight excluding hydrogens is 281 g/mol. The fourth-order valence-corrected chi connectivity index (χ4v) is 2.87. The molecule has 3 aromatic rings. The number of nitrogens with one attached hydrogen (secondary N) is 1. The largest absolute Gasteiger partial charge is 0.307 e. The molecule has 0 amide bonds. The smallest absolute Gasteiger partial charge is 0.178 e. The average molecular weight is 297 g/mol. The lowest BCUT2D eigenvalue weighted by molar-refractivity contribution is 0.392. The van der Waals surface area contributed by atoms with Crippen LogP contribution in [0.1, 0.15) is 31.1 Å². The molecule has 1 N–H and O–H groups in total. The summed E-state index contributed by atoms with van der Waals surface area (Å²) >= 11 is 0. The number of piperidine rings is 1. The summed E-state index contributed by atoms with van der Waals surface area (Å²) in [5.41, 5.74) is 2.39. The fraction of sp³-hybridized carbons (Fsp3) is 0.312. The van der Waals surface area contributed by atoms with Gasteiger partial charge in [-0.3, -0.25) is 0 Å². The van der Waals surface area contributed by atoms with Crippen molar-refractivity contribution in [2.45, 2.75) is 25.3 Å². The Kier molecular flexibility index (Phi) is 3.31.